The number of halogens is 2. The van der Waals surface area contributed by atoms with Crippen LogP contribution in [0.1, 0.15) is 55.0 Å². The summed E-state index contributed by atoms with van der Waals surface area (Å²) in [5, 5.41) is 16.7. The van der Waals surface area contributed by atoms with Crippen LogP contribution in [-0.2, 0) is 17.0 Å². The third kappa shape index (κ3) is 6.97. The van der Waals surface area contributed by atoms with E-state index < -0.39 is 40.4 Å². The first-order valence-corrected chi connectivity index (χ1v) is 12.8. The molecule has 0 radical (unpaired) electrons. The fourth-order valence-corrected chi connectivity index (χ4v) is 5.90. The number of carbonyl (C=O) groups is 1. The van der Waals surface area contributed by atoms with E-state index in [0.717, 1.165) is 34.9 Å². The molecule has 5 N–H and O–H groups in total. The molecule has 2 aromatic carbocycles. The van der Waals surface area contributed by atoms with E-state index in [9.17, 15) is 27.8 Å². The fourth-order valence-electron chi connectivity index (χ4n) is 4.19. The van der Waals surface area contributed by atoms with Crippen molar-refractivity contribution in [1.82, 2.24) is 10.6 Å². The largest absolute Gasteiger partial charge is 0.390 e. The zero-order valence-electron chi connectivity index (χ0n) is 19.0. The Labute approximate surface area is 194 Å². The van der Waals surface area contributed by atoms with E-state index in [4.69, 9.17) is 0 Å². The summed E-state index contributed by atoms with van der Waals surface area (Å²) in [5.74, 6) is -1.22. The zero-order chi connectivity index (χ0) is 24.3. The van der Waals surface area contributed by atoms with E-state index in [1.54, 1.807) is 0 Å². The Morgan fingerprint density at radius 1 is 1.15 bits per heavy atom. The number of benzene rings is 2. The van der Waals surface area contributed by atoms with Crippen LogP contribution in [0.3, 0.4) is 0 Å². The average Bonchev–Trinajstić information content (AvgIpc) is 2.69. The molecule has 0 unspecified atom stereocenters. The van der Waals surface area contributed by atoms with Gasteiger partial charge in [0.2, 0.25) is 5.91 Å². The highest BCUT2D eigenvalue weighted by Crippen LogP contribution is 2.51. The lowest BCUT2D eigenvalue weighted by molar-refractivity contribution is -0.120. The molecule has 0 saturated heterocycles. The van der Waals surface area contributed by atoms with Crippen LogP contribution in [0.15, 0.2) is 36.4 Å². The second-order valence-electron chi connectivity index (χ2n) is 9.04. The molecule has 182 valence electrons. The number of fused-ring (bicyclic) bond motifs is 1. The molecule has 1 aliphatic rings. The molecule has 0 fully saturated rings. The van der Waals surface area contributed by atoms with E-state index in [1.165, 1.54) is 6.92 Å². The van der Waals surface area contributed by atoms with E-state index in [0.29, 0.717) is 11.5 Å². The van der Waals surface area contributed by atoms with E-state index in [1.807, 2.05) is 12.1 Å². The highest BCUT2D eigenvalue weighted by atomic mass is 32.3. The Balaban J connectivity index is 1.77. The molecule has 0 aliphatic carbocycles. The second kappa shape index (κ2) is 10.5. The molecular weight excluding hydrogens is 450 g/mol. The number of nitrogens with one attached hydrogen (secondary N) is 2. The normalized spacial score (nSPS) is 20.1. The van der Waals surface area contributed by atoms with Crippen LogP contribution in [0.4, 0.5) is 8.78 Å². The number of amides is 1. The molecule has 6 nitrogen and oxygen atoms in total. The molecule has 0 aromatic heterocycles. The quantitative estimate of drug-likeness (QED) is 0.390. The van der Waals surface area contributed by atoms with E-state index >= 15 is 0 Å². The van der Waals surface area contributed by atoms with Crippen LogP contribution in [-0.4, -0.2) is 44.6 Å². The van der Waals surface area contributed by atoms with Crippen molar-refractivity contribution in [1.29, 1.82) is 0 Å². The highest BCUT2D eigenvalue weighted by Gasteiger charge is 2.31. The van der Waals surface area contributed by atoms with Gasteiger partial charge in [0.15, 0.2) is 0 Å². The molecule has 1 heterocycles. The Kier molecular flexibility index (Phi) is 8.13. The van der Waals surface area contributed by atoms with Gasteiger partial charge < -0.3 is 15.7 Å². The first-order valence-electron chi connectivity index (χ1n) is 10.9. The maximum atomic E-state index is 13.6. The number of aliphatic hydroxyl groups is 1. The van der Waals surface area contributed by atoms with Crippen LogP contribution < -0.4 is 10.6 Å². The first-order chi connectivity index (χ1) is 15.4. The molecule has 1 aliphatic heterocycles. The third-order valence-corrected chi connectivity index (χ3v) is 7.48. The summed E-state index contributed by atoms with van der Waals surface area (Å²) in [6.07, 6.45) is -1.05. The molecule has 3 rings (SSSR count). The van der Waals surface area contributed by atoms with Gasteiger partial charge in [0, 0.05) is 19.5 Å². The zero-order valence-corrected chi connectivity index (χ0v) is 19.8. The lowest BCUT2D eigenvalue weighted by Gasteiger charge is -2.42. The summed E-state index contributed by atoms with van der Waals surface area (Å²) in [7, 11) is -2.82. The van der Waals surface area contributed by atoms with Crippen LogP contribution in [0, 0.1) is 11.6 Å². The SMILES string of the molecule is CC(=O)N[C@@H](Cc1cc(F)cc(F)c1)[C@H](O)CN[C@H]1CS(O)(O)Cc2ccc(C(C)C)cc21. The van der Waals surface area contributed by atoms with Crippen LogP contribution >= 0.6 is 10.6 Å². The Hall–Kier alpha value is -2.04. The minimum absolute atomic E-state index is 0.0328. The van der Waals surface area contributed by atoms with Crippen molar-refractivity contribution in [3.63, 3.8) is 0 Å². The summed E-state index contributed by atoms with van der Waals surface area (Å²) in [6.45, 7) is 5.50. The molecule has 0 bridgehead atoms. The van der Waals surface area contributed by atoms with Crippen molar-refractivity contribution >= 4 is 16.5 Å². The molecule has 0 saturated carbocycles. The maximum absolute atomic E-state index is 13.6. The van der Waals surface area contributed by atoms with Crippen molar-refractivity contribution in [2.75, 3.05) is 12.3 Å². The Morgan fingerprint density at radius 3 is 2.42 bits per heavy atom. The van der Waals surface area contributed by atoms with Crippen molar-refractivity contribution in [2.24, 2.45) is 0 Å². The summed E-state index contributed by atoms with van der Waals surface area (Å²) < 4.78 is 48.0. The number of rotatable bonds is 8. The Morgan fingerprint density at radius 2 is 1.82 bits per heavy atom. The maximum Gasteiger partial charge on any atom is 0.217 e. The molecule has 33 heavy (non-hydrogen) atoms. The minimum atomic E-state index is -2.82. The third-order valence-electron chi connectivity index (χ3n) is 5.84. The van der Waals surface area contributed by atoms with Gasteiger partial charge in [0.25, 0.3) is 0 Å². The standard InChI is InChI=1S/C24H32F2N2O4S/c1-14(2)17-4-5-18-12-33(31,32)13-23(21(18)9-17)27-11-24(30)22(28-15(3)29)8-16-6-19(25)10-20(26)7-16/h4-7,9-10,14,22-24,27,30-32H,8,11-13H2,1-3H3,(H,28,29)/t22-,23-,24+/m0/s1. The van der Waals surface area contributed by atoms with Crippen molar-refractivity contribution in [2.45, 2.75) is 57.1 Å². The lowest BCUT2D eigenvalue weighted by atomic mass is 9.94. The molecular formula is C24H32F2N2O4S. The molecule has 2 aromatic rings. The molecule has 1 amide bonds. The predicted molar refractivity (Wildman–Crippen MR) is 126 cm³/mol. The second-order valence-corrected chi connectivity index (χ2v) is 11.3. The number of hydrogen-bond donors (Lipinski definition) is 5. The monoisotopic (exact) mass is 482 g/mol. The van der Waals surface area contributed by atoms with Gasteiger partial charge in [-0.2, -0.15) is 10.6 Å². The van der Waals surface area contributed by atoms with Crippen LogP contribution in [0.25, 0.3) is 0 Å². The lowest BCUT2D eigenvalue weighted by Crippen LogP contribution is -2.49. The topological polar surface area (TPSA) is 102 Å². The van der Waals surface area contributed by atoms with Gasteiger partial charge in [-0.1, -0.05) is 32.0 Å². The summed E-state index contributed by atoms with van der Waals surface area (Å²) in [6, 6.07) is 7.87. The van der Waals surface area contributed by atoms with Gasteiger partial charge in [0.05, 0.1) is 29.7 Å². The smallest absolute Gasteiger partial charge is 0.217 e. The average molecular weight is 483 g/mol. The van der Waals surface area contributed by atoms with Crippen molar-refractivity contribution in [3.8, 4) is 0 Å². The summed E-state index contributed by atoms with van der Waals surface area (Å²) in [4.78, 5) is 11.7. The predicted octanol–water partition coefficient (Wildman–Crippen LogP) is 4.09. The summed E-state index contributed by atoms with van der Waals surface area (Å²) in [5.41, 5.74) is 3.25. The number of hydrogen-bond acceptors (Lipinski definition) is 5. The van der Waals surface area contributed by atoms with Gasteiger partial charge >= 0.3 is 0 Å². The van der Waals surface area contributed by atoms with Crippen molar-refractivity contribution < 1.29 is 27.8 Å². The molecule has 0 spiro atoms. The van der Waals surface area contributed by atoms with Crippen molar-refractivity contribution in [3.05, 3.63) is 70.3 Å². The van der Waals surface area contributed by atoms with E-state index in [-0.39, 0.29) is 30.4 Å². The fraction of sp³-hybridized carbons (Fsp3) is 0.458. The molecule has 3 atom stereocenters. The van der Waals surface area contributed by atoms with Crippen LogP contribution in [0.2, 0.25) is 0 Å². The van der Waals surface area contributed by atoms with Gasteiger partial charge in [-0.25, -0.2) is 8.78 Å². The number of carbonyl (C=O) groups excluding carboxylic acids is 1. The number of aliphatic hydroxyl groups excluding tert-OH is 1. The van der Waals surface area contributed by atoms with Gasteiger partial charge in [-0.3, -0.25) is 13.9 Å². The van der Waals surface area contributed by atoms with Gasteiger partial charge in [-0.15, -0.1) is 0 Å². The van der Waals surface area contributed by atoms with Gasteiger partial charge in [-0.05, 0) is 46.7 Å². The molecule has 9 heteroatoms. The van der Waals surface area contributed by atoms with E-state index in [2.05, 4.69) is 30.5 Å². The summed E-state index contributed by atoms with van der Waals surface area (Å²) >= 11 is 0. The van der Waals surface area contributed by atoms with Crippen LogP contribution in [0.5, 0.6) is 0 Å². The Bertz CT molecular complexity index is 982. The first kappa shape index (κ1) is 25.6. The van der Waals surface area contributed by atoms with Gasteiger partial charge in [0.1, 0.15) is 11.6 Å². The highest BCUT2D eigenvalue weighted by molar-refractivity contribution is 8.23. The minimum Gasteiger partial charge on any atom is -0.390 e.